The zero-order valence-electron chi connectivity index (χ0n) is 22.3. The van der Waals surface area contributed by atoms with Crippen LogP contribution in [0, 0.1) is 0 Å². The maximum absolute atomic E-state index is 12.9. The summed E-state index contributed by atoms with van der Waals surface area (Å²) in [7, 11) is 0. The van der Waals surface area contributed by atoms with Crippen molar-refractivity contribution >= 4 is 35.3 Å². The number of benzene rings is 4. The first-order valence-electron chi connectivity index (χ1n) is 12.7. The van der Waals surface area contributed by atoms with E-state index in [0.717, 1.165) is 29.3 Å². The zero-order chi connectivity index (χ0) is 30.1. The second-order valence-electron chi connectivity index (χ2n) is 8.87. The molecule has 0 aliphatic heterocycles. The highest BCUT2D eigenvalue weighted by molar-refractivity contribution is 6.37. The van der Waals surface area contributed by atoms with Gasteiger partial charge in [0.1, 0.15) is 13.2 Å². The highest BCUT2D eigenvalue weighted by Gasteiger charge is 2.30. The van der Waals surface area contributed by atoms with Crippen LogP contribution in [-0.4, -0.2) is 18.7 Å². The molecule has 0 aliphatic rings. The number of nitrogens with zero attached hydrogens (tertiary/aromatic N) is 1. The second kappa shape index (κ2) is 14.1. The van der Waals surface area contributed by atoms with E-state index >= 15 is 0 Å². The quantitative estimate of drug-likeness (QED) is 0.136. The van der Waals surface area contributed by atoms with E-state index in [4.69, 9.17) is 37.4 Å². The summed E-state index contributed by atoms with van der Waals surface area (Å²) in [5, 5.41) is 4.19. The minimum Gasteiger partial charge on any atom is -0.490 e. The highest BCUT2D eigenvalue weighted by Crippen LogP contribution is 2.36. The molecule has 0 radical (unpaired) electrons. The Hall–Kier alpha value is -4.21. The van der Waals surface area contributed by atoms with E-state index in [9.17, 15) is 18.0 Å². The van der Waals surface area contributed by atoms with Crippen LogP contribution in [0.25, 0.3) is 0 Å². The number of amides is 1. The van der Waals surface area contributed by atoms with Gasteiger partial charge in [0.25, 0.3) is 5.91 Å². The zero-order valence-corrected chi connectivity index (χ0v) is 23.8. The molecule has 4 aromatic rings. The van der Waals surface area contributed by atoms with Crippen LogP contribution in [0.5, 0.6) is 17.2 Å². The molecule has 0 bridgehead atoms. The fraction of sp³-hybridized carbons (Fsp3) is 0.161. The Bertz CT molecular complexity index is 1540. The van der Waals surface area contributed by atoms with Crippen molar-refractivity contribution in [2.45, 2.75) is 26.3 Å². The number of halogens is 5. The van der Waals surface area contributed by atoms with Gasteiger partial charge in [-0.25, -0.2) is 5.43 Å². The fourth-order valence-corrected chi connectivity index (χ4v) is 4.39. The molecule has 0 aliphatic carbocycles. The van der Waals surface area contributed by atoms with Crippen molar-refractivity contribution in [3.05, 3.63) is 123 Å². The second-order valence-corrected chi connectivity index (χ2v) is 9.68. The predicted molar refractivity (Wildman–Crippen MR) is 156 cm³/mol. The molecular weight excluding hydrogens is 592 g/mol. The number of hydrogen-bond acceptors (Lipinski definition) is 5. The van der Waals surface area contributed by atoms with Crippen molar-refractivity contribution in [1.29, 1.82) is 0 Å². The first-order chi connectivity index (χ1) is 20.1. The van der Waals surface area contributed by atoms with E-state index in [0.29, 0.717) is 30.3 Å². The Labute approximate surface area is 250 Å². The number of carbonyl (C=O) groups excluding carboxylic acids is 1. The van der Waals surface area contributed by atoms with Gasteiger partial charge in [-0.1, -0.05) is 65.7 Å². The average Bonchev–Trinajstić information content (AvgIpc) is 2.96. The van der Waals surface area contributed by atoms with E-state index in [1.165, 1.54) is 24.4 Å². The number of ether oxygens (including phenoxy) is 3. The van der Waals surface area contributed by atoms with Gasteiger partial charge in [0.15, 0.2) is 17.2 Å². The monoisotopic (exact) mass is 616 g/mol. The molecule has 4 rings (SSSR count). The Morgan fingerprint density at radius 3 is 2.24 bits per heavy atom. The predicted octanol–water partition coefficient (Wildman–Crippen LogP) is 8.33. The number of hydrazone groups is 1. The normalized spacial score (nSPS) is 11.4. The SMILES string of the molecule is CCOc1cc(COc2c(Cl)cc(/C=N/NC(=O)c3cccc(C(F)(F)F)c3)cc2Cl)ccc1OCc1ccccc1. The highest BCUT2D eigenvalue weighted by atomic mass is 35.5. The molecule has 1 N–H and O–H groups in total. The van der Waals surface area contributed by atoms with Crippen LogP contribution >= 0.6 is 23.2 Å². The van der Waals surface area contributed by atoms with Crippen LogP contribution in [0.1, 0.15) is 39.5 Å². The first-order valence-corrected chi connectivity index (χ1v) is 13.4. The van der Waals surface area contributed by atoms with Crippen molar-refractivity contribution in [3.63, 3.8) is 0 Å². The number of hydrogen-bond donors (Lipinski definition) is 1. The summed E-state index contributed by atoms with van der Waals surface area (Å²) in [4.78, 5) is 12.2. The third-order valence-electron chi connectivity index (χ3n) is 5.78. The van der Waals surface area contributed by atoms with E-state index in [1.807, 2.05) is 55.5 Å². The van der Waals surface area contributed by atoms with Crippen molar-refractivity contribution in [2.24, 2.45) is 5.10 Å². The maximum atomic E-state index is 12.9. The molecule has 0 aromatic heterocycles. The average molecular weight is 617 g/mol. The van der Waals surface area contributed by atoms with Crippen LogP contribution in [0.15, 0.2) is 90.0 Å². The van der Waals surface area contributed by atoms with Gasteiger partial charge in [0.05, 0.1) is 28.4 Å². The van der Waals surface area contributed by atoms with Gasteiger partial charge in [-0.3, -0.25) is 4.79 Å². The molecule has 11 heteroatoms. The van der Waals surface area contributed by atoms with Gasteiger partial charge in [0.2, 0.25) is 0 Å². The first kappa shape index (κ1) is 30.7. The van der Waals surface area contributed by atoms with Gasteiger partial charge in [-0.05, 0) is 66.1 Å². The molecule has 0 saturated carbocycles. The molecule has 6 nitrogen and oxygen atoms in total. The molecule has 0 unspecified atom stereocenters. The Kier molecular flexibility index (Phi) is 10.3. The minimum absolute atomic E-state index is 0.138. The smallest absolute Gasteiger partial charge is 0.416 e. The molecule has 4 aromatic carbocycles. The van der Waals surface area contributed by atoms with E-state index in [1.54, 1.807) is 0 Å². The molecule has 0 heterocycles. The molecule has 0 spiro atoms. The molecule has 0 atom stereocenters. The molecule has 42 heavy (non-hydrogen) atoms. The van der Waals surface area contributed by atoms with Crippen molar-refractivity contribution < 1.29 is 32.2 Å². The van der Waals surface area contributed by atoms with Gasteiger partial charge in [-0.2, -0.15) is 18.3 Å². The Balaban J connectivity index is 1.38. The van der Waals surface area contributed by atoms with E-state index < -0.39 is 17.6 Å². The van der Waals surface area contributed by atoms with Crippen molar-refractivity contribution in [2.75, 3.05) is 6.61 Å². The summed E-state index contributed by atoms with van der Waals surface area (Å²) >= 11 is 12.8. The molecule has 1 amide bonds. The minimum atomic E-state index is -4.57. The van der Waals surface area contributed by atoms with Crippen molar-refractivity contribution in [1.82, 2.24) is 5.43 Å². The van der Waals surface area contributed by atoms with Crippen LogP contribution in [-0.2, 0) is 19.4 Å². The topological polar surface area (TPSA) is 69.2 Å². The largest absolute Gasteiger partial charge is 0.490 e. The van der Waals surface area contributed by atoms with Crippen molar-refractivity contribution in [3.8, 4) is 17.2 Å². The van der Waals surface area contributed by atoms with Crippen LogP contribution in [0.2, 0.25) is 10.0 Å². The molecule has 0 saturated heterocycles. The fourth-order valence-electron chi connectivity index (χ4n) is 3.78. The summed E-state index contributed by atoms with van der Waals surface area (Å²) in [5.74, 6) is 0.609. The lowest BCUT2D eigenvalue weighted by Gasteiger charge is -2.15. The summed E-state index contributed by atoms with van der Waals surface area (Å²) in [6, 6.07) is 22.3. The summed E-state index contributed by atoms with van der Waals surface area (Å²) in [6.07, 6.45) is -3.31. The Morgan fingerprint density at radius 2 is 1.55 bits per heavy atom. The van der Waals surface area contributed by atoms with E-state index in [2.05, 4.69) is 10.5 Å². The number of carbonyl (C=O) groups is 1. The summed E-state index contributed by atoms with van der Waals surface area (Å²) < 4.78 is 56.3. The van der Waals surface area contributed by atoms with Gasteiger partial charge >= 0.3 is 6.18 Å². The van der Waals surface area contributed by atoms with Gasteiger partial charge in [-0.15, -0.1) is 0 Å². The third kappa shape index (κ3) is 8.41. The summed E-state index contributed by atoms with van der Waals surface area (Å²) in [6.45, 7) is 2.87. The number of nitrogens with one attached hydrogen (secondary N) is 1. The van der Waals surface area contributed by atoms with E-state index in [-0.39, 0.29) is 28.0 Å². The lowest BCUT2D eigenvalue weighted by molar-refractivity contribution is -0.137. The van der Waals surface area contributed by atoms with Gasteiger partial charge in [0, 0.05) is 5.56 Å². The van der Waals surface area contributed by atoms with Crippen LogP contribution in [0.3, 0.4) is 0 Å². The molecule has 218 valence electrons. The van der Waals surface area contributed by atoms with Crippen LogP contribution in [0.4, 0.5) is 13.2 Å². The lowest BCUT2D eigenvalue weighted by Crippen LogP contribution is -2.18. The maximum Gasteiger partial charge on any atom is 0.416 e. The van der Waals surface area contributed by atoms with Gasteiger partial charge < -0.3 is 14.2 Å². The number of alkyl halides is 3. The molecule has 0 fully saturated rings. The lowest BCUT2D eigenvalue weighted by atomic mass is 10.1. The van der Waals surface area contributed by atoms with Crippen LogP contribution < -0.4 is 19.6 Å². The third-order valence-corrected chi connectivity index (χ3v) is 6.34. The Morgan fingerprint density at radius 1 is 0.833 bits per heavy atom. The standard InChI is InChI=1S/C31H25Cl2F3N2O4/c1-2-40-28-15-21(11-12-27(28)41-18-20-7-4-3-5-8-20)19-42-29-25(32)13-22(14-26(29)33)17-37-38-30(39)23-9-6-10-24(16-23)31(34,35)36/h3-17H,2,18-19H2,1H3,(H,38,39)/b37-17+. The molecular formula is C31H25Cl2F3N2O4. The summed E-state index contributed by atoms with van der Waals surface area (Å²) in [5.41, 5.74) is 3.32. The number of rotatable bonds is 11.